The Morgan fingerprint density at radius 1 is 1.06 bits per heavy atom. The minimum Gasteiger partial charge on any atom is -0.496 e. The lowest BCUT2D eigenvalue weighted by molar-refractivity contribution is -0.151. The number of para-hydroxylation sites is 1. The largest absolute Gasteiger partial charge is 0.496 e. The molecular weight excluding hydrogens is 398 g/mol. The summed E-state index contributed by atoms with van der Waals surface area (Å²) in [6.07, 6.45) is 7.65. The van der Waals surface area contributed by atoms with Crippen molar-refractivity contribution in [2.24, 2.45) is 5.92 Å². The number of allylic oxidation sites excluding steroid dienone is 1. The van der Waals surface area contributed by atoms with Crippen LogP contribution in [-0.2, 0) is 16.1 Å². The summed E-state index contributed by atoms with van der Waals surface area (Å²) in [7, 11) is 3.82. The Morgan fingerprint density at radius 2 is 1.78 bits per heavy atom. The van der Waals surface area contributed by atoms with Crippen molar-refractivity contribution in [3.8, 4) is 16.9 Å². The normalized spacial score (nSPS) is 18.0. The molecule has 4 nitrogen and oxygen atoms in total. The average Bonchev–Trinajstić information content (AvgIpc) is 2.80. The molecule has 32 heavy (non-hydrogen) atoms. The average molecular weight is 434 g/mol. The molecule has 4 heteroatoms. The molecule has 1 fully saturated rings. The highest BCUT2D eigenvalue weighted by molar-refractivity contribution is 5.89. The van der Waals surface area contributed by atoms with E-state index in [1.807, 2.05) is 18.2 Å². The van der Waals surface area contributed by atoms with Gasteiger partial charge in [-0.1, -0.05) is 49.6 Å². The van der Waals surface area contributed by atoms with Crippen LogP contribution in [0.1, 0.15) is 64.0 Å². The molecule has 0 saturated heterocycles. The van der Waals surface area contributed by atoms with Crippen molar-refractivity contribution >= 4 is 17.2 Å². The second-order valence-corrected chi connectivity index (χ2v) is 9.67. The Balaban J connectivity index is 1.79. The fourth-order valence-corrected chi connectivity index (χ4v) is 5.23. The number of ether oxygens (including phenoxy) is 2. The number of hydrogen-bond donors (Lipinski definition) is 0. The van der Waals surface area contributed by atoms with E-state index in [4.69, 9.17) is 9.47 Å². The number of rotatable bonds is 5. The zero-order valence-electron chi connectivity index (χ0n) is 20.0. The van der Waals surface area contributed by atoms with Crippen LogP contribution in [0.2, 0.25) is 0 Å². The van der Waals surface area contributed by atoms with Gasteiger partial charge in [-0.3, -0.25) is 4.79 Å². The van der Waals surface area contributed by atoms with E-state index in [1.54, 1.807) is 7.11 Å². The monoisotopic (exact) mass is 433 g/mol. The molecule has 2 aromatic rings. The topological polar surface area (TPSA) is 38.8 Å². The third-order valence-corrected chi connectivity index (χ3v) is 7.18. The Bertz CT molecular complexity index is 1030. The number of benzene rings is 2. The van der Waals surface area contributed by atoms with Crippen molar-refractivity contribution < 1.29 is 14.3 Å². The van der Waals surface area contributed by atoms with Crippen LogP contribution < -0.4 is 9.64 Å². The first-order valence-corrected chi connectivity index (χ1v) is 11.7. The highest BCUT2D eigenvalue weighted by Gasteiger charge is 2.32. The Hall–Kier alpha value is -2.75. The Kier molecular flexibility index (Phi) is 6.32. The van der Waals surface area contributed by atoms with Gasteiger partial charge in [0, 0.05) is 29.4 Å². The van der Waals surface area contributed by atoms with Gasteiger partial charge in [0.25, 0.3) is 0 Å². The SMILES string of the molecule is COc1ccccc1-c1ccc2c(c1COC(=O)C1CCCCC1)C(C)=CC(C)(C)N2C. The van der Waals surface area contributed by atoms with Gasteiger partial charge in [0.2, 0.25) is 0 Å². The van der Waals surface area contributed by atoms with Crippen LogP contribution >= 0.6 is 0 Å². The summed E-state index contributed by atoms with van der Waals surface area (Å²) in [5.74, 6) is 0.800. The minimum absolute atomic E-state index is 0.0382. The van der Waals surface area contributed by atoms with Crippen LogP contribution in [0.5, 0.6) is 5.75 Å². The summed E-state index contributed by atoms with van der Waals surface area (Å²) < 4.78 is 11.6. The van der Waals surface area contributed by atoms with Crippen molar-refractivity contribution in [2.45, 2.75) is 65.0 Å². The summed E-state index contributed by atoms with van der Waals surface area (Å²) in [6.45, 7) is 6.87. The number of esters is 1. The molecule has 1 heterocycles. The molecule has 2 aliphatic rings. The van der Waals surface area contributed by atoms with Crippen molar-refractivity contribution in [1.29, 1.82) is 0 Å². The highest BCUT2D eigenvalue weighted by Crippen LogP contribution is 2.44. The lowest BCUT2D eigenvalue weighted by Gasteiger charge is -2.41. The predicted octanol–water partition coefficient (Wildman–Crippen LogP) is 6.62. The van der Waals surface area contributed by atoms with Crippen molar-refractivity contribution in [3.63, 3.8) is 0 Å². The number of anilines is 1. The maximum atomic E-state index is 12.9. The Labute approximate surface area is 192 Å². The van der Waals surface area contributed by atoms with Crippen LogP contribution in [0.25, 0.3) is 16.7 Å². The van der Waals surface area contributed by atoms with Crippen LogP contribution in [0.4, 0.5) is 5.69 Å². The molecule has 0 amide bonds. The maximum Gasteiger partial charge on any atom is 0.309 e. The zero-order valence-corrected chi connectivity index (χ0v) is 20.0. The molecule has 2 aromatic carbocycles. The van der Waals surface area contributed by atoms with E-state index < -0.39 is 0 Å². The van der Waals surface area contributed by atoms with Gasteiger partial charge in [-0.15, -0.1) is 0 Å². The lowest BCUT2D eigenvalue weighted by atomic mass is 9.84. The number of methoxy groups -OCH3 is 1. The van der Waals surface area contributed by atoms with E-state index >= 15 is 0 Å². The van der Waals surface area contributed by atoms with Gasteiger partial charge in [0.15, 0.2) is 0 Å². The van der Waals surface area contributed by atoms with Gasteiger partial charge < -0.3 is 14.4 Å². The van der Waals surface area contributed by atoms with Crippen molar-refractivity contribution in [3.05, 3.63) is 53.6 Å². The lowest BCUT2D eigenvalue weighted by Crippen LogP contribution is -2.42. The molecule has 0 spiro atoms. The third kappa shape index (κ3) is 4.15. The number of fused-ring (bicyclic) bond motifs is 1. The van der Waals surface area contributed by atoms with Gasteiger partial charge in [0.05, 0.1) is 18.6 Å². The maximum absolute atomic E-state index is 12.9. The van der Waals surface area contributed by atoms with E-state index in [1.165, 1.54) is 12.0 Å². The first-order chi connectivity index (χ1) is 15.3. The summed E-state index contributed by atoms with van der Waals surface area (Å²) in [6, 6.07) is 12.4. The summed E-state index contributed by atoms with van der Waals surface area (Å²) in [5, 5.41) is 0. The molecule has 0 unspecified atom stereocenters. The number of likely N-dealkylation sites (N-methyl/N-ethyl adjacent to an activating group) is 1. The summed E-state index contributed by atoms with van der Waals surface area (Å²) in [4.78, 5) is 15.2. The molecule has 0 atom stereocenters. The molecule has 0 aromatic heterocycles. The van der Waals surface area contributed by atoms with Crippen LogP contribution in [0, 0.1) is 5.92 Å². The third-order valence-electron chi connectivity index (χ3n) is 7.18. The minimum atomic E-state index is -0.0842. The zero-order chi connectivity index (χ0) is 22.9. The van der Waals surface area contributed by atoms with E-state index in [9.17, 15) is 4.79 Å². The molecule has 0 N–H and O–H groups in total. The van der Waals surface area contributed by atoms with Crippen LogP contribution in [0.15, 0.2) is 42.5 Å². The first-order valence-electron chi connectivity index (χ1n) is 11.7. The molecule has 0 radical (unpaired) electrons. The van der Waals surface area contributed by atoms with E-state index in [2.05, 4.69) is 57.0 Å². The van der Waals surface area contributed by atoms with Gasteiger partial charge in [-0.25, -0.2) is 0 Å². The molecule has 0 bridgehead atoms. The Morgan fingerprint density at radius 3 is 2.50 bits per heavy atom. The number of carbonyl (C=O) groups is 1. The number of nitrogens with zero attached hydrogens (tertiary/aromatic N) is 1. The molecule has 4 rings (SSSR count). The van der Waals surface area contributed by atoms with E-state index in [0.717, 1.165) is 59.4 Å². The summed E-state index contributed by atoms with van der Waals surface area (Å²) in [5.41, 5.74) is 6.57. The number of carbonyl (C=O) groups excluding carboxylic acids is 1. The van der Waals surface area contributed by atoms with Gasteiger partial charge >= 0.3 is 5.97 Å². The highest BCUT2D eigenvalue weighted by atomic mass is 16.5. The van der Waals surface area contributed by atoms with Gasteiger partial charge in [0.1, 0.15) is 12.4 Å². The number of hydrogen-bond acceptors (Lipinski definition) is 4. The second kappa shape index (κ2) is 9.01. The van der Waals surface area contributed by atoms with Gasteiger partial charge in [-0.05, 0) is 56.9 Å². The molecule has 1 aliphatic heterocycles. The second-order valence-electron chi connectivity index (χ2n) is 9.67. The summed E-state index contributed by atoms with van der Waals surface area (Å²) >= 11 is 0. The van der Waals surface area contributed by atoms with E-state index in [0.29, 0.717) is 0 Å². The quantitative estimate of drug-likeness (QED) is 0.497. The van der Waals surface area contributed by atoms with Crippen LogP contribution in [0.3, 0.4) is 0 Å². The molecule has 1 aliphatic carbocycles. The molecule has 1 saturated carbocycles. The fourth-order valence-electron chi connectivity index (χ4n) is 5.23. The van der Waals surface area contributed by atoms with Crippen LogP contribution in [-0.4, -0.2) is 25.7 Å². The first kappa shape index (κ1) is 22.4. The standard InChI is InChI=1S/C28H35NO3/c1-19-17-28(2,3)29(4)24-16-15-21(22-13-9-10-14-25(22)31-5)23(26(19)24)18-32-27(30)20-11-7-6-8-12-20/h9-10,13-17,20H,6-8,11-12,18H2,1-5H3. The van der Waals surface area contributed by atoms with E-state index in [-0.39, 0.29) is 24.0 Å². The van der Waals surface area contributed by atoms with Gasteiger partial charge in [-0.2, -0.15) is 0 Å². The predicted molar refractivity (Wildman–Crippen MR) is 131 cm³/mol. The smallest absolute Gasteiger partial charge is 0.309 e. The fraction of sp³-hybridized carbons (Fsp3) is 0.464. The molecular formula is C28H35NO3. The molecule has 170 valence electrons. The van der Waals surface area contributed by atoms with Crippen molar-refractivity contribution in [2.75, 3.05) is 19.1 Å². The van der Waals surface area contributed by atoms with Crippen molar-refractivity contribution in [1.82, 2.24) is 0 Å².